The first-order valence-corrected chi connectivity index (χ1v) is 11.1. The zero-order valence-corrected chi connectivity index (χ0v) is 21.4. The Morgan fingerprint density at radius 1 is 1.00 bits per heavy atom. The van der Waals surface area contributed by atoms with Crippen molar-refractivity contribution >= 4 is 29.9 Å². The molecule has 176 valence electrons. The number of nitrogens with one attached hydrogen (secondary N) is 1. The molecule has 0 saturated carbocycles. The van der Waals surface area contributed by atoms with Gasteiger partial charge in [-0.15, -0.1) is 24.0 Å². The number of aliphatic imine (C=N–C) groups is 1. The van der Waals surface area contributed by atoms with E-state index in [1.165, 1.54) is 11.1 Å². The largest absolute Gasteiger partial charge is 0.489 e. The van der Waals surface area contributed by atoms with E-state index in [1.54, 1.807) is 6.26 Å². The van der Waals surface area contributed by atoms with Gasteiger partial charge in [0.25, 0.3) is 0 Å². The van der Waals surface area contributed by atoms with Crippen LogP contribution in [0.15, 0.2) is 76.4 Å². The first kappa shape index (κ1) is 25.0. The second kappa shape index (κ2) is 13.2. The average Bonchev–Trinajstić information content (AvgIpc) is 3.36. The molecular formula is C25H32IN5O2. The van der Waals surface area contributed by atoms with E-state index in [9.17, 15) is 0 Å². The standard InChI is InChI=1S/C25H31N5O2.HI/c1-26-25(30-16-14-29(15-17-30)19-23-12-18-32-28-23)27-13-11-21-7-9-24(10-8-21)31-20-22-5-3-2-4-6-22;/h2-10,12,18H,11,13-17,19-20H2,1H3,(H,26,27);1H. The fourth-order valence-electron chi connectivity index (χ4n) is 3.81. The molecule has 0 aliphatic carbocycles. The molecule has 0 amide bonds. The molecule has 8 heteroatoms. The minimum Gasteiger partial charge on any atom is -0.489 e. The van der Waals surface area contributed by atoms with Gasteiger partial charge in [-0.25, -0.2) is 0 Å². The predicted octanol–water partition coefficient (Wildman–Crippen LogP) is 3.81. The second-order valence-electron chi connectivity index (χ2n) is 7.90. The van der Waals surface area contributed by atoms with Crippen LogP contribution in [0, 0.1) is 0 Å². The number of guanidine groups is 1. The maximum absolute atomic E-state index is 5.87. The van der Waals surface area contributed by atoms with E-state index in [-0.39, 0.29) is 24.0 Å². The Morgan fingerprint density at radius 2 is 1.76 bits per heavy atom. The quantitative estimate of drug-likeness (QED) is 0.257. The Kier molecular flexibility index (Phi) is 10.0. The summed E-state index contributed by atoms with van der Waals surface area (Å²) in [5, 5.41) is 7.51. The van der Waals surface area contributed by atoms with Crippen molar-refractivity contribution in [3.8, 4) is 5.75 Å². The number of nitrogens with zero attached hydrogens (tertiary/aromatic N) is 4. The van der Waals surface area contributed by atoms with Gasteiger partial charge < -0.3 is 19.5 Å². The van der Waals surface area contributed by atoms with Crippen molar-refractivity contribution in [2.45, 2.75) is 19.6 Å². The third-order valence-electron chi connectivity index (χ3n) is 5.63. The van der Waals surface area contributed by atoms with E-state index in [4.69, 9.17) is 9.26 Å². The van der Waals surface area contributed by atoms with Crippen LogP contribution in [0.5, 0.6) is 5.75 Å². The van der Waals surface area contributed by atoms with Gasteiger partial charge in [0.15, 0.2) is 5.96 Å². The predicted molar refractivity (Wildman–Crippen MR) is 141 cm³/mol. The highest BCUT2D eigenvalue weighted by Crippen LogP contribution is 2.14. The summed E-state index contributed by atoms with van der Waals surface area (Å²) in [6, 6.07) is 20.5. The van der Waals surface area contributed by atoms with E-state index < -0.39 is 0 Å². The van der Waals surface area contributed by atoms with Crippen LogP contribution in [0.1, 0.15) is 16.8 Å². The molecule has 3 aromatic rings. The topological polar surface area (TPSA) is 66.1 Å². The van der Waals surface area contributed by atoms with Gasteiger partial charge in [0.2, 0.25) is 0 Å². The van der Waals surface area contributed by atoms with Gasteiger partial charge in [-0.1, -0.05) is 47.6 Å². The van der Waals surface area contributed by atoms with Gasteiger partial charge in [-0.05, 0) is 29.7 Å². The molecule has 1 fully saturated rings. The summed E-state index contributed by atoms with van der Waals surface area (Å²) in [4.78, 5) is 9.19. The van der Waals surface area contributed by atoms with Crippen molar-refractivity contribution in [1.29, 1.82) is 0 Å². The van der Waals surface area contributed by atoms with Crippen LogP contribution in [-0.4, -0.2) is 60.7 Å². The number of piperazine rings is 1. The number of halogens is 1. The number of hydrogen-bond donors (Lipinski definition) is 1. The lowest BCUT2D eigenvalue weighted by atomic mass is 10.1. The van der Waals surface area contributed by atoms with Crippen molar-refractivity contribution in [2.75, 3.05) is 39.8 Å². The SMILES string of the molecule is CN=C(NCCc1ccc(OCc2ccccc2)cc1)N1CCN(Cc2ccon2)CC1.I. The average molecular weight is 561 g/mol. The summed E-state index contributed by atoms with van der Waals surface area (Å²) in [5.41, 5.74) is 3.43. The molecule has 4 rings (SSSR count). The molecular weight excluding hydrogens is 529 g/mol. The Labute approximate surface area is 212 Å². The fraction of sp³-hybridized carbons (Fsp3) is 0.360. The lowest BCUT2D eigenvalue weighted by molar-refractivity contribution is 0.169. The summed E-state index contributed by atoms with van der Waals surface area (Å²) >= 11 is 0. The lowest BCUT2D eigenvalue weighted by Gasteiger charge is -2.36. The van der Waals surface area contributed by atoms with Crippen molar-refractivity contribution in [3.63, 3.8) is 0 Å². The number of benzene rings is 2. The first-order chi connectivity index (χ1) is 15.8. The number of rotatable bonds is 8. The second-order valence-corrected chi connectivity index (χ2v) is 7.90. The molecule has 1 saturated heterocycles. The monoisotopic (exact) mass is 561 g/mol. The molecule has 0 spiro atoms. The van der Waals surface area contributed by atoms with Gasteiger partial charge in [0.05, 0.1) is 5.69 Å². The Bertz CT molecular complexity index is 956. The van der Waals surface area contributed by atoms with Crippen LogP contribution in [0.2, 0.25) is 0 Å². The smallest absolute Gasteiger partial charge is 0.193 e. The molecule has 2 heterocycles. The minimum atomic E-state index is 0. The normalized spacial score (nSPS) is 14.6. The molecule has 0 radical (unpaired) electrons. The molecule has 0 unspecified atom stereocenters. The van der Waals surface area contributed by atoms with E-state index in [0.29, 0.717) is 6.61 Å². The van der Waals surface area contributed by atoms with Gasteiger partial charge in [-0.2, -0.15) is 0 Å². The maximum Gasteiger partial charge on any atom is 0.193 e. The van der Waals surface area contributed by atoms with Crippen LogP contribution in [0.3, 0.4) is 0 Å². The zero-order valence-electron chi connectivity index (χ0n) is 19.0. The highest BCUT2D eigenvalue weighted by atomic mass is 127. The van der Waals surface area contributed by atoms with Crippen molar-refractivity contribution < 1.29 is 9.26 Å². The number of aromatic nitrogens is 1. The minimum absolute atomic E-state index is 0. The van der Waals surface area contributed by atoms with E-state index in [0.717, 1.165) is 63.1 Å². The van der Waals surface area contributed by atoms with E-state index >= 15 is 0 Å². The summed E-state index contributed by atoms with van der Waals surface area (Å²) < 4.78 is 10.8. The molecule has 0 atom stereocenters. The lowest BCUT2D eigenvalue weighted by Crippen LogP contribution is -2.52. The van der Waals surface area contributed by atoms with Crippen LogP contribution in [-0.2, 0) is 19.6 Å². The van der Waals surface area contributed by atoms with Crippen LogP contribution >= 0.6 is 24.0 Å². The molecule has 1 aliphatic rings. The third-order valence-corrected chi connectivity index (χ3v) is 5.63. The Hall–Kier alpha value is -2.59. The Morgan fingerprint density at radius 3 is 2.42 bits per heavy atom. The van der Waals surface area contributed by atoms with Crippen LogP contribution in [0.4, 0.5) is 0 Å². The third kappa shape index (κ3) is 7.75. The number of hydrogen-bond acceptors (Lipinski definition) is 5. The van der Waals surface area contributed by atoms with Gasteiger partial charge >= 0.3 is 0 Å². The summed E-state index contributed by atoms with van der Waals surface area (Å²) in [6.45, 7) is 6.13. The molecule has 1 N–H and O–H groups in total. The molecule has 1 aromatic heterocycles. The molecule has 33 heavy (non-hydrogen) atoms. The molecule has 7 nitrogen and oxygen atoms in total. The van der Waals surface area contributed by atoms with Crippen molar-refractivity contribution in [3.05, 3.63) is 83.7 Å². The number of ether oxygens (including phenoxy) is 1. The first-order valence-electron chi connectivity index (χ1n) is 11.1. The van der Waals surface area contributed by atoms with E-state index in [1.807, 2.05) is 43.4 Å². The van der Waals surface area contributed by atoms with Crippen LogP contribution in [0.25, 0.3) is 0 Å². The van der Waals surface area contributed by atoms with Crippen molar-refractivity contribution in [2.24, 2.45) is 4.99 Å². The maximum atomic E-state index is 5.87. The van der Waals surface area contributed by atoms with Crippen molar-refractivity contribution in [1.82, 2.24) is 20.3 Å². The summed E-state index contributed by atoms with van der Waals surface area (Å²) in [6.07, 6.45) is 2.56. The highest BCUT2D eigenvalue weighted by Gasteiger charge is 2.20. The molecule has 0 bridgehead atoms. The van der Waals surface area contributed by atoms with Crippen LogP contribution < -0.4 is 10.1 Å². The Balaban J connectivity index is 0.00000306. The molecule has 1 aliphatic heterocycles. The summed E-state index contributed by atoms with van der Waals surface area (Å²) in [7, 11) is 1.85. The summed E-state index contributed by atoms with van der Waals surface area (Å²) in [5.74, 6) is 1.86. The molecule has 2 aromatic carbocycles. The highest BCUT2D eigenvalue weighted by molar-refractivity contribution is 14.0. The van der Waals surface area contributed by atoms with Gasteiger partial charge in [0.1, 0.15) is 18.6 Å². The zero-order chi connectivity index (χ0) is 22.0. The fourth-order valence-corrected chi connectivity index (χ4v) is 3.81. The van der Waals surface area contributed by atoms with Gasteiger partial charge in [0, 0.05) is 52.4 Å². The van der Waals surface area contributed by atoms with E-state index in [2.05, 4.69) is 49.5 Å². The van der Waals surface area contributed by atoms with Gasteiger partial charge in [-0.3, -0.25) is 9.89 Å².